The number of hydrogen-bond acceptors (Lipinski definition) is 8. The minimum absolute atomic E-state index is 0.00556. The summed E-state index contributed by atoms with van der Waals surface area (Å²) in [7, 11) is 4.78. The van der Waals surface area contributed by atoms with Crippen molar-refractivity contribution in [3.05, 3.63) is 53.3 Å². The molecule has 4 heterocycles. The monoisotopic (exact) mass is 631 g/mol. The first-order valence-corrected chi connectivity index (χ1v) is 14.8. The molecule has 1 atom stereocenters. The number of anilines is 2. The van der Waals surface area contributed by atoms with Crippen molar-refractivity contribution in [1.82, 2.24) is 19.4 Å². The van der Waals surface area contributed by atoms with E-state index < -0.39 is 5.91 Å². The van der Waals surface area contributed by atoms with Crippen LogP contribution in [0.3, 0.4) is 0 Å². The zero-order chi connectivity index (χ0) is 33.0. The predicted molar refractivity (Wildman–Crippen MR) is 172 cm³/mol. The van der Waals surface area contributed by atoms with Crippen LogP contribution in [0.15, 0.2) is 41.4 Å². The van der Waals surface area contributed by atoms with E-state index >= 15 is 0 Å². The third-order valence-electron chi connectivity index (χ3n) is 7.94. The van der Waals surface area contributed by atoms with Gasteiger partial charge in [0.1, 0.15) is 23.0 Å². The SMILES string of the molecule is COc1cc2c(cc1OCCC(=O)Nc1ccc(C(=O)Nc3ccc(C(=O)NCCC(=N)N)n3C)n1C)N=C[C@@H]1CCCN1C2=O. The Morgan fingerprint density at radius 1 is 1.00 bits per heavy atom. The summed E-state index contributed by atoms with van der Waals surface area (Å²) in [5.41, 5.74) is 6.88. The molecule has 5 rings (SSSR count). The molecule has 6 N–H and O–H groups in total. The summed E-state index contributed by atoms with van der Waals surface area (Å²) >= 11 is 0. The van der Waals surface area contributed by atoms with Gasteiger partial charge in [-0.3, -0.25) is 29.6 Å². The smallest absolute Gasteiger partial charge is 0.273 e. The Morgan fingerprint density at radius 2 is 1.70 bits per heavy atom. The Balaban J connectivity index is 1.16. The molecule has 0 unspecified atom stereocenters. The molecule has 0 spiro atoms. The lowest BCUT2D eigenvalue weighted by molar-refractivity contribution is -0.116. The van der Waals surface area contributed by atoms with Crippen molar-refractivity contribution < 1.29 is 28.7 Å². The van der Waals surface area contributed by atoms with Crippen molar-refractivity contribution in [3.8, 4) is 11.5 Å². The van der Waals surface area contributed by atoms with Gasteiger partial charge in [-0.15, -0.1) is 0 Å². The third kappa shape index (κ3) is 6.72. The third-order valence-corrected chi connectivity index (χ3v) is 7.94. The summed E-state index contributed by atoms with van der Waals surface area (Å²) < 4.78 is 14.4. The molecule has 2 aliphatic rings. The molecule has 1 saturated heterocycles. The van der Waals surface area contributed by atoms with Crippen LogP contribution in [0.1, 0.15) is 57.0 Å². The maximum absolute atomic E-state index is 13.1. The molecule has 242 valence electrons. The molecular weight excluding hydrogens is 594 g/mol. The normalized spacial score (nSPS) is 15.1. The number of ether oxygens (including phenoxy) is 2. The average Bonchev–Trinajstić information content (AvgIpc) is 3.72. The Bertz CT molecular complexity index is 1720. The van der Waals surface area contributed by atoms with Crippen LogP contribution in [0.4, 0.5) is 17.3 Å². The standard InChI is InChI=1S/C31H37N9O6/c1-38-21(29(42)34-12-10-25(32)33)6-9-27(38)37-30(43)22-7-8-26(39(22)2)36-28(41)11-14-46-24-16-20-19(15-23(24)45-3)31(44)40-13-4-5-18(40)17-35-20/h6-9,15-18H,4-5,10-14H2,1-3H3,(H3,32,33)(H,34,42)(H,36,41)(H,37,43)/t18-/m0/s1. The van der Waals surface area contributed by atoms with Crippen molar-refractivity contribution in [2.24, 2.45) is 24.8 Å². The topological polar surface area (TPSA) is 198 Å². The van der Waals surface area contributed by atoms with Gasteiger partial charge in [0, 0.05) is 45.9 Å². The first-order valence-electron chi connectivity index (χ1n) is 14.8. The van der Waals surface area contributed by atoms with Gasteiger partial charge in [0.2, 0.25) is 5.91 Å². The fourth-order valence-corrected chi connectivity index (χ4v) is 5.39. The van der Waals surface area contributed by atoms with Gasteiger partial charge >= 0.3 is 0 Å². The van der Waals surface area contributed by atoms with E-state index in [1.807, 2.05) is 4.90 Å². The van der Waals surface area contributed by atoms with E-state index in [0.717, 1.165) is 12.8 Å². The van der Waals surface area contributed by atoms with Gasteiger partial charge in [0.25, 0.3) is 17.7 Å². The number of fused-ring (bicyclic) bond motifs is 2. The number of hydrogen-bond donors (Lipinski definition) is 5. The van der Waals surface area contributed by atoms with Crippen LogP contribution < -0.4 is 31.2 Å². The molecule has 0 radical (unpaired) electrons. The number of aliphatic imine (C=N–C) groups is 1. The van der Waals surface area contributed by atoms with Crippen LogP contribution in [-0.4, -0.2) is 82.6 Å². The minimum Gasteiger partial charge on any atom is -0.493 e. The maximum atomic E-state index is 13.1. The molecule has 46 heavy (non-hydrogen) atoms. The zero-order valence-electron chi connectivity index (χ0n) is 25.9. The van der Waals surface area contributed by atoms with E-state index in [0.29, 0.717) is 46.6 Å². The molecular formula is C31H37N9O6. The number of nitrogens with zero attached hydrogens (tertiary/aromatic N) is 4. The van der Waals surface area contributed by atoms with E-state index in [2.05, 4.69) is 20.9 Å². The maximum Gasteiger partial charge on any atom is 0.273 e. The number of methoxy groups -OCH3 is 1. The van der Waals surface area contributed by atoms with Gasteiger partial charge in [-0.1, -0.05) is 0 Å². The summed E-state index contributed by atoms with van der Waals surface area (Å²) in [6.07, 6.45) is 3.86. The Hall–Kier alpha value is -5.60. The van der Waals surface area contributed by atoms with Crippen molar-refractivity contribution in [2.75, 3.05) is 37.4 Å². The van der Waals surface area contributed by atoms with Crippen LogP contribution in [-0.2, 0) is 18.9 Å². The van der Waals surface area contributed by atoms with Crippen molar-refractivity contribution in [3.63, 3.8) is 0 Å². The minimum atomic E-state index is -0.437. The summed E-state index contributed by atoms with van der Waals surface area (Å²) in [6.45, 7) is 0.948. The lowest BCUT2D eigenvalue weighted by Gasteiger charge is -2.20. The molecule has 1 aromatic carbocycles. The van der Waals surface area contributed by atoms with E-state index in [1.165, 1.54) is 7.11 Å². The molecule has 1 fully saturated rings. The summed E-state index contributed by atoms with van der Waals surface area (Å²) in [5, 5.41) is 15.5. The Labute approximate surface area is 265 Å². The van der Waals surface area contributed by atoms with E-state index in [1.54, 1.807) is 65.8 Å². The van der Waals surface area contributed by atoms with Crippen molar-refractivity contribution >= 4 is 53.0 Å². The molecule has 3 aromatic rings. The van der Waals surface area contributed by atoms with Crippen LogP contribution in [0.2, 0.25) is 0 Å². The number of nitrogens with two attached hydrogens (primary N) is 1. The number of rotatable bonds is 12. The number of amidine groups is 1. The number of benzene rings is 1. The second-order valence-electron chi connectivity index (χ2n) is 11.0. The lowest BCUT2D eigenvalue weighted by atomic mass is 10.1. The van der Waals surface area contributed by atoms with Gasteiger partial charge in [-0.2, -0.15) is 0 Å². The van der Waals surface area contributed by atoms with Gasteiger partial charge in [-0.05, 0) is 43.2 Å². The predicted octanol–water partition coefficient (Wildman–Crippen LogP) is 2.41. The largest absolute Gasteiger partial charge is 0.493 e. The molecule has 0 bridgehead atoms. The number of aromatic nitrogens is 2. The summed E-state index contributed by atoms with van der Waals surface area (Å²) in [6, 6.07) is 9.64. The van der Waals surface area contributed by atoms with E-state index in [-0.39, 0.29) is 61.3 Å². The highest BCUT2D eigenvalue weighted by atomic mass is 16.5. The highest BCUT2D eigenvalue weighted by molar-refractivity contribution is 6.05. The summed E-state index contributed by atoms with van der Waals surface area (Å²) in [4.78, 5) is 57.7. The number of carbonyl (C=O) groups is 4. The second-order valence-corrected chi connectivity index (χ2v) is 11.0. The van der Waals surface area contributed by atoms with Crippen molar-refractivity contribution in [1.29, 1.82) is 5.41 Å². The molecule has 2 aromatic heterocycles. The first-order chi connectivity index (χ1) is 22.1. The average molecular weight is 632 g/mol. The van der Waals surface area contributed by atoms with Gasteiger partial charge in [0.15, 0.2) is 11.5 Å². The molecule has 15 heteroatoms. The van der Waals surface area contributed by atoms with Gasteiger partial charge < -0.3 is 45.2 Å². The molecule has 0 saturated carbocycles. The van der Waals surface area contributed by atoms with Crippen LogP contribution in [0.25, 0.3) is 0 Å². The lowest BCUT2D eigenvalue weighted by Crippen LogP contribution is -2.35. The number of amides is 4. The van der Waals surface area contributed by atoms with E-state index in [4.69, 9.17) is 20.6 Å². The zero-order valence-corrected chi connectivity index (χ0v) is 25.9. The summed E-state index contributed by atoms with van der Waals surface area (Å²) in [5.74, 6) is 0.302. The molecule has 0 aliphatic carbocycles. The fraction of sp³-hybridized carbons (Fsp3) is 0.355. The highest BCUT2D eigenvalue weighted by Gasteiger charge is 2.32. The molecule has 4 amide bonds. The highest BCUT2D eigenvalue weighted by Crippen LogP contribution is 2.38. The van der Waals surface area contributed by atoms with Gasteiger partial charge in [0.05, 0.1) is 43.3 Å². The Kier molecular flexibility index (Phi) is 9.39. The van der Waals surface area contributed by atoms with Crippen LogP contribution >= 0.6 is 0 Å². The molecule has 15 nitrogen and oxygen atoms in total. The number of nitrogens with one attached hydrogen (secondary N) is 4. The quantitative estimate of drug-likeness (QED) is 0.149. The van der Waals surface area contributed by atoms with Crippen LogP contribution in [0.5, 0.6) is 11.5 Å². The first kappa shape index (κ1) is 31.8. The van der Waals surface area contributed by atoms with Crippen molar-refractivity contribution in [2.45, 2.75) is 31.7 Å². The Morgan fingerprint density at radius 3 is 2.39 bits per heavy atom. The van der Waals surface area contributed by atoms with Gasteiger partial charge in [-0.25, -0.2) is 0 Å². The number of carbonyl (C=O) groups excluding carboxylic acids is 4. The van der Waals surface area contributed by atoms with Crippen LogP contribution in [0, 0.1) is 5.41 Å². The van der Waals surface area contributed by atoms with E-state index in [9.17, 15) is 19.2 Å². The fourth-order valence-electron chi connectivity index (χ4n) is 5.39. The second kappa shape index (κ2) is 13.6. The molecule has 2 aliphatic heterocycles.